The van der Waals surface area contributed by atoms with Crippen molar-refractivity contribution in [3.63, 3.8) is 0 Å². The number of ether oxygens (including phenoxy) is 1. The van der Waals surface area contributed by atoms with E-state index in [4.69, 9.17) is 9.72 Å². The van der Waals surface area contributed by atoms with Crippen molar-refractivity contribution in [2.75, 3.05) is 35.8 Å². The van der Waals surface area contributed by atoms with Crippen molar-refractivity contribution >= 4 is 35.3 Å². The number of methoxy groups -OCH3 is 1. The van der Waals surface area contributed by atoms with Crippen LogP contribution < -0.4 is 19.9 Å². The number of hydrogen-bond donors (Lipinski definition) is 1. The highest BCUT2D eigenvalue weighted by Crippen LogP contribution is 2.40. The molecule has 0 spiro atoms. The van der Waals surface area contributed by atoms with E-state index in [0.717, 1.165) is 30.6 Å². The van der Waals surface area contributed by atoms with Crippen LogP contribution in [0.15, 0.2) is 24.4 Å². The minimum absolute atomic E-state index is 0.0625. The Balaban J connectivity index is 1.74. The number of hydrogen-bond acceptors (Lipinski definition) is 7. The van der Waals surface area contributed by atoms with Gasteiger partial charge in [-0.1, -0.05) is 19.3 Å². The summed E-state index contributed by atoms with van der Waals surface area (Å²) in [6.07, 6.45) is 8.33. The van der Waals surface area contributed by atoms with Crippen LogP contribution in [0.2, 0.25) is 0 Å². The van der Waals surface area contributed by atoms with Gasteiger partial charge in [0, 0.05) is 25.2 Å². The molecule has 170 valence electrons. The van der Waals surface area contributed by atoms with Crippen LogP contribution in [-0.2, 0) is 4.79 Å². The van der Waals surface area contributed by atoms with Crippen LogP contribution in [-0.4, -0.2) is 48.9 Å². The molecule has 32 heavy (non-hydrogen) atoms. The van der Waals surface area contributed by atoms with Gasteiger partial charge in [0.15, 0.2) is 5.82 Å². The summed E-state index contributed by atoms with van der Waals surface area (Å²) in [6, 6.07) is 5.51. The number of anilines is 4. The predicted octanol–water partition coefficient (Wildman–Crippen LogP) is 4.18. The van der Waals surface area contributed by atoms with Gasteiger partial charge < -0.3 is 19.9 Å². The lowest BCUT2D eigenvalue weighted by atomic mass is 9.88. The molecule has 0 atom stereocenters. The molecule has 1 aliphatic heterocycles. The molecule has 0 saturated heterocycles. The Morgan fingerprint density at radius 3 is 2.66 bits per heavy atom. The summed E-state index contributed by atoms with van der Waals surface area (Å²) >= 11 is 0. The molecular formula is C24H31N5O3. The summed E-state index contributed by atoms with van der Waals surface area (Å²) in [7, 11) is 3.35. The Labute approximate surface area is 189 Å². The molecule has 1 amide bonds. The number of rotatable bonds is 5. The van der Waals surface area contributed by atoms with E-state index in [1.807, 2.05) is 13.8 Å². The number of benzene rings is 1. The first-order valence-electron chi connectivity index (χ1n) is 11.2. The second-order valence-corrected chi connectivity index (χ2v) is 9.27. The number of carbonyl (C=O) groups is 2. The topological polar surface area (TPSA) is 87.7 Å². The van der Waals surface area contributed by atoms with Crippen LogP contribution in [0.3, 0.4) is 0 Å². The minimum atomic E-state index is -0.533. The summed E-state index contributed by atoms with van der Waals surface area (Å²) in [6.45, 7) is 4.61. The number of aromatic nitrogens is 2. The Hall–Kier alpha value is -3.16. The van der Waals surface area contributed by atoms with E-state index < -0.39 is 5.41 Å². The van der Waals surface area contributed by atoms with Crippen LogP contribution >= 0.6 is 0 Å². The first-order chi connectivity index (χ1) is 15.3. The molecule has 8 heteroatoms. The first-order valence-corrected chi connectivity index (χ1v) is 11.2. The van der Waals surface area contributed by atoms with Gasteiger partial charge in [0.05, 0.1) is 24.4 Å². The summed E-state index contributed by atoms with van der Waals surface area (Å²) in [4.78, 5) is 37.6. The molecule has 1 saturated carbocycles. The highest BCUT2D eigenvalue weighted by atomic mass is 16.5. The van der Waals surface area contributed by atoms with Crippen LogP contribution in [0.1, 0.15) is 56.3 Å². The quantitative estimate of drug-likeness (QED) is 0.702. The van der Waals surface area contributed by atoms with Crippen molar-refractivity contribution in [3.8, 4) is 5.75 Å². The molecule has 0 bridgehead atoms. The molecule has 0 radical (unpaired) electrons. The second-order valence-electron chi connectivity index (χ2n) is 9.27. The van der Waals surface area contributed by atoms with Crippen molar-refractivity contribution in [1.29, 1.82) is 0 Å². The third-order valence-electron chi connectivity index (χ3n) is 6.46. The summed E-state index contributed by atoms with van der Waals surface area (Å²) in [5, 5.41) is 3.22. The number of nitrogens with zero attached hydrogens (tertiary/aromatic N) is 4. The van der Waals surface area contributed by atoms with E-state index in [1.165, 1.54) is 19.3 Å². The van der Waals surface area contributed by atoms with Gasteiger partial charge in [-0.05, 0) is 44.9 Å². The summed E-state index contributed by atoms with van der Waals surface area (Å²) in [5.41, 5.74) is 1.38. The molecule has 1 aromatic heterocycles. The zero-order valence-electron chi connectivity index (χ0n) is 19.2. The molecule has 1 aromatic carbocycles. The van der Waals surface area contributed by atoms with E-state index in [1.54, 1.807) is 43.5 Å². The normalized spacial score (nSPS) is 18.7. The summed E-state index contributed by atoms with van der Waals surface area (Å²) in [5.74, 6) is 1.79. The van der Waals surface area contributed by atoms with E-state index in [-0.39, 0.29) is 5.91 Å². The molecule has 1 fully saturated rings. The third kappa shape index (κ3) is 4.13. The molecule has 4 rings (SSSR count). The standard InChI is InChI=1S/C24H31N5O3/c1-24(2)15-29(17-8-6-5-7-9-17)21-19(28(3)22(24)31)13-25-23(27-21)26-18-11-10-16(14-30)12-20(18)32-4/h10-14,17H,5-9,15H2,1-4H3,(H,25,26,27). The molecule has 2 heterocycles. The average Bonchev–Trinajstić information content (AvgIpc) is 2.88. The zero-order valence-corrected chi connectivity index (χ0v) is 19.2. The van der Waals surface area contributed by atoms with Crippen LogP contribution in [0.25, 0.3) is 0 Å². The lowest BCUT2D eigenvalue weighted by Gasteiger charge is -2.38. The maximum absolute atomic E-state index is 13.2. The number of amides is 1. The highest BCUT2D eigenvalue weighted by molar-refractivity contribution is 6.00. The smallest absolute Gasteiger partial charge is 0.234 e. The molecule has 1 aliphatic carbocycles. The summed E-state index contributed by atoms with van der Waals surface area (Å²) < 4.78 is 5.43. The van der Waals surface area contributed by atoms with Gasteiger partial charge in [-0.3, -0.25) is 9.59 Å². The fourth-order valence-corrected chi connectivity index (χ4v) is 4.71. The van der Waals surface area contributed by atoms with Gasteiger partial charge in [0.2, 0.25) is 11.9 Å². The Kier molecular flexibility index (Phi) is 6.04. The third-order valence-corrected chi connectivity index (χ3v) is 6.46. The van der Waals surface area contributed by atoms with Crippen LogP contribution in [0.4, 0.5) is 23.1 Å². The van der Waals surface area contributed by atoms with Crippen LogP contribution in [0, 0.1) is 5.41 Å². The molecule has 2 aliphatic rings. The van der Waals surface area contributed by atoms with Crippen molar-refractivity contribution in [2.45, 2.75) is 52.0 Å². The highest BCUT2D eigenvalue weighted by Gasteiger charge is 2.41. The zero-order chi connectivity index (χ0) is 22.9. The van der Waals surface area contributed by atoms with Gasteiger partial charge in [0.1, 0.15) is 17.7 Å². The van der Waals surface area contributed by atoms with Gasteiger partial charge in [-0.25, -0.2) is 4.98 Å². The lowest BCUT2D eigenvalue weighted by Crippen LogP contribution is -2.46. The van der Waals surface area contributed by atoms with Gasteiger partial charge in [0.25, 0.3) is 0 Å². The Morgan fingerprint density at radius 2 is 1.97 bits per heavy atom. The fraction of sp³-hybridized carbons (Fsp3) is 0.500. The van der Waals surface area contributed by atoms with Gasteiger partial charge >= 0.3 is 0 Å². The van der Waals surface area contributed by atoms with Crippen molar-refractivity contribution in [1.82, 2.24) is 9.97 Å². The largest absolute Gasteiger partial charge is 0.495 e. The number of nitrogens with one attached hydrogen (secondary N) is 1. The lowest BCUT2D eigenvalue weighted by molar-refractivity contribution is -0.125. The van der Waals surface area contributed by atoms with E-state index in [9.17, 15) is 9.59 Å². The second kappa shape index (κ2) is 8.76. The van der Waals surface area contributed by atoms with Crippen LogP contribution in [0.5, 0.6) is 5.75 Å². The SMILES string of the molecule is COc1cc(C=O)ccc1Nc1ncc2c(n1)N(C1CCCCC1)CC(C)(C)C(=O)N2C. The average molecular weight is 438 g/mol. The Bertz CT molecular complexity index is 1020. The Morgan fingerprint density at radius 1 is 1.22 bits per heavy atom. The molecule has 8 nitrogen and oxygen atoms in total. The van der Waals surface area contributed by atoms with Gasteiger partial charge in [-0.2, -0.15) is 4.98 Å². The van der Waals surface area contributed by atoms with Crippen molar-refractivity contribution < 1.29 is 14.3 Å². The number of aldehydes is 1. The fourth-order valence-electron chi connectivity index (χ4n) is 4.71. The predicted molar refractivity (Wildman–Crippen MR) is 125 cm³/mol. The first kappa shape index (κ1) is 22.0. The molecule has 2 aromatic rings. The van der Waals surface area contributed by atoms with E-state index in [0.29, 0.717) is 35.5 Å². The van der Waals surface area contributed by atoms with Gasteiger partial charge in [-0.15, -0.1) is 0 Å². The van der Waals surface area contributed by atoms with E-state index in [2.05, 4.69) is 15.2 Å². The van der Waals surface area contributed by atoms with Crippen molar-refractivity contribution in [3.05, 3.63) is 30.0 Å². The molecular weight excluding hydrogens is 406 g/mol. The monoisotopic (exact) mass is 437 g/mol. The molecule has 0 unspecified atom stereocenters. The van der Waals surface area contributed by atoms with Crippen molar-refractivity contribution in [2.24, 2.45) is 5.41 Å². The minimum Gasteiger partial charge on any atom is -0.495 e. The van der Waals surface area contributed by atoms with E-state index >= 15 is 0 Å². The maximum atomic E-state index is 13.2. The molecule has 1 N–H and O–H groups in total. The number of carbonyl (C=O) groups excluding carboxylic acids is 2. The number of fused-ring (bicyclic) bond motifs is 1. The maximum Gasteiger partial charge on any atom is 0.234 e.